The molecule has 1 N–H and O–H groups in total. The first-order chi connectivity index (χ1) is 6.15. The van der Waals surface area contributed by atoms with E-state index in [1.165, 1.54) is 11.8 Å². The molecule has 1 atom stereocenters. The van der Waals surface area contributed by atoms with Crippen LogP contribution in [0.2, 0.25) is 0 Å². The normalized spacial score (nSPS) is 25.0. The fourth-order valence-corrected chi connectivity index (χ4v) is 1.96. The summed E-state index contributed by atoms with van der Waals surface area (Å²) in [5, 5.41) is 10.2. The van der Waals surface area contributed by atoms with Crippen molar-refractivity contribution in [1.82, 2.24) is 0 Å². The Morgan fingerprint density at radius 2 is 2.38 bits per heavy atom. The van der Waals surface area contributed by atoms with Crippen LogP contribution in [-0.2, 0) is 4.79 Å². The molecule has 0 fully saturated rings. The average molecular weight is 197 g/mol. The van der Waals surface area contributed by atoms with Gasteiger partial charge in [-0.2, -0.15) is 0 Å². The van der Waals surface area contributed by atoms with Gasteiger partial charge in [0.05, 0.1) is 5.04 Å². The number of fused-ring (bicyclic) bond motifs is 1. The Morgan fingerprint density at radius 3 is 3.00 bits per heavy atom. The second-order valence-electron chi connectivity index (χ2n) is 2.69. The number of rotatable bonds is 2. The Morgan fingerprint density at radius 1 is 1.62 bits per heavy atom. The fraction of sp³-hybridized carbons (Fsp3) is 0.429. The monoisotopic (exact) mass is 197 g/mol. The Balaban J connectivity index is 2.13. The lowest BCUT2D eigenvalue weighted by molar-refractivity contribution is -0.135. The van der Waals surface area contributed by atoms with Crippen molar-refractivity contribution in [2.75, 3.05) is 0 Å². The third-order valence-corrected chi connectivity index (χ3v) is 2.51. The van der Waals surface area contributed by atoms with Crippen molar-refractivity contribution in [3.05, 3.63) is 0 Å². The number of nitrogens with zero attached hydrogens (tertiary/aromatic N) is 3. The van der Waals surface area contributed by atoms with E-state index < -0.39 is 5.97 Å². The molecular weight excluding hydrogens is 190 g/mol. The quantitative estimate of drug-likeness (QED) is 0.710. The number of carbonyl (C=O) groups is 1. The van der Waals surface area contributed by atoms with Crippen molar-refractivity contribution in [3.63, 3.8) is 0 Å². The van der Waals surface area contributed by atoms with Crippen molar-refractivity contribution in [2.45, 2.75) is 19.5 Å². The van der Waals surface area contributed by atoms with Crippen LogP contribution >= 0.6 is 11.8 Å². The van der Waals surface area contributed by atoms with Crippen LogP contribution in [0.4, 0.5) is 0 Å². The second kappa shape index (κ2) is 2.95. The van der Waals surface area contributed by atoms with E-state index in [0.29, 0.717) is 5.84 Å². The minimum absolute atomic E-state index is 0.116. The van der Waals surface area contributed by atoms with Crippen LogP contribution in [0.1, 0.15) is 13.3 Å². The smallest absolute Gasteiger partial charge is 0.311 e. The number of carboxylic acid groups (broad SMARTS) is 1. The summed E-state index contributed by atoms with van der Waals surface area (Å²) in [6.07, 6.45) is -0.367. The number of aliphatic imine (C=N–C) groups is 3. The van der Waals surface area contributed by atoms with Crippen LogP contribution in [0, 0.1) is 0 Å². The van der Waals surface area contributed by atoms with Crippen LogP contribution in [-0.4, -0.2) is 33.2 Å². The number of carboxylic acids is 1. The van der Waals surface area contributed by atoms with E-state index in [2.05, 4.69) is 15.0 Å². The van der Waals surface area contributed by atoms with Crippen molar-refractivity contribution < 1.29 is 9.90 Å². The minimum atomic E-state index is -0.909. The lowest BCUT2D eigenvalue weighted by Crippen LogP contribution is -2.03. The van der Waals surface area contributed by atoms with Gasteiger partial charge in [-0.1, -0.05) is 11.8 Å². The first-order valence-corrected chi connectivity index (χ1v) is 4.56. The standard InChI is InChI=1S/C7H7N3O2S/c1-3-8-6-7(13-3)10-4(9-6)2-5(11)12/h6H,2H2,1H3,(H,11,12). The van der Waals surface area contributed by atoms with Gasteiger partial charge in [-0.25, -0.2) is 15.0 Å². The number of amidine groups is 1. The van der Waals surface area contributed by atoms with Gasteiger partial charge in [0.15, 0.2) is 6.17 Å². The highest BCUT2D eigenvalue weighted by Gasteiger charge is 2.28. The molecule has 0 aromatic carbocycles. The van der Waals surface area contributed by atoms with Crippen LogP contribution < -0.4 is 0 Å². The van der Waals surface area contributed by atoms with Gasteiger partial charge in [0, 0.05) is 0 Å². The maximum Gasteiger partial charge on any atom is 0.311 e. The molecule has 0 aromatic heterocycles. The van der Waals surface area contributed by atoms with Crippen molar-refractivity contribution >= 4 is 33.7 Å². The van der Waals surface area contributed by atoms with Gasteiger partial charge < -0.3 is 5.11 Å². The first kappa shape index (κ1) is 8.43. The Kier molecular flexibility index (Phi) is 1.91. The third kappa shape index (κ3) is 1.62. The number of aliphatic carboxylic acids is 1. The van der Waals surface area contributed by atoms with E-state index in [1.807, 2.05) is 6.92 Å². The molecule has 5 nitrogen and oxygen atoms in total. The van der Waals surface area contributed by atoms with E-state index in [9.17, 15) is 4.79 Å². The zero-order valence-electron chi connectivity index (χ0n) is 6.89. The predicted octanol–water partition coefficient (Wildman–Crippen LogP) is 0.763. The Bertz CT molecular complexity index is 359. The van der Waals surface area contributed by atoms with Crippen LogP contribution in [0.5, 0.6) is 0 Å². The second-order valence-corrected chi connectivity index (χ2v) is 3.90. The van der Waals surface area contributed by atoms with Gasteiger partial charge in [-0.3, -0.25) is 4.79 Å². The predicted molar refractivity (Wildman–Crippen MR) is 51.6 cm³/mol. The molecule has 1 unspecified atom stereocenters. The lowest BCUT2D eigenvalue weighted by atomic mass is 10.4. The number of hydrogen-bond donors (Lipinski definition) is 1. The molecule has 0 aliphatic carbocycles. The van der Waals surface area contributed by atoms with Crippen molar-refractivity contribution in [1.29, 1.82) is 0 Å². The van der Waals surface area contributed by atoms with Crippen LogP contribution in [0.25, 0.3) is 0 Å². The van der Waals surface area contributed by atoms with E-state index in [-0.39, 0.29) is 12.6 Å². The zero-order valence-corrected chi connectivity index (χ0v) is 7.71. The Labute approximate surface area is 78.7 Å². The van der Waals surface area contributed by atoms with E-state index in [0.717, 1.165) is 10.1 Å². The number of thioether (sulfide) groups is 1. The SMILES string of the molecule is CC1=NC2N=C(CC(=O)O)N=C2S1. The highest BCUT2D eigenvalue weighted by atomic mass is 32.2. The molecule has 0 aromatic rings. The lowest BCUT2D eigenvalue weighted by Gasteiger charge is -1.90. The molecule has 0 spiro atoms. The summed E-state index contributed by atoms with van der Waals surface area (Å²) in [5.41, 5.74) is 0. The third-order valence-electron chi connectivity index (χ3n) is 1.60. The summed E-state index contributed by atoms with van der Waals surface area (Å²) < 4.78 is 0. The maximum absolute atomic E-state index is 10.3. The summed E-state index contributed by atoms with van der Waals surface area (Å²) in [5.74, 6) is -0.537. The molecule has 68 valence electrons. The summed E-state index contributed by atoms with van der Waals surface area (Å²) in [4.78, 5) is 22.7. The molecule has 2 rings (SSSR count). The first-order valence-electron chi connectivity index (χ1n) is 3.74. The molecule has 0 radical (unpaired) electrons. The maximum atomic E-state index is 10.3. The van der Waals surface area contributed by atoms with Crippen LogP contribution in [0.15, 0.2) is 15.0 Å². The van der Waals surface area contributed by atoms with E-state index >= 15 is 0 Å². The van der Waals surface area contributed by atoms with Gasteiger partial charge in [0.1, 0.15) is 17.3 Å². The van der Waals surface area contributed by atoms with E-state index in [4.69, 9.17) is 5.11 Å². The summed E-state index contributed by atoms with van der Waals surface area (Å²) in [6.45, 7) is 1.89. The van der Waals surface area contributed by atoms with Crippen LogP contribution in [0.3, 0.4) is 0 Å². The zero-order chi connectivity index (χ0) is 9.42. The molecule has 0 bridgehead atoms. The summed E-state index contributed by atoms with van der Waals surface area (Å²) in [7, 11) is 0. The van der Waals surface area contributed by atoms with Gasteiger partial charge >= 0.3 is 5.97 Å². The fourth-order valence-electron chi connectivity index (χ4n) is 1.14. The molecule has 2 heterocycles. The average Bonchev–Trinajstić information content (AvgIpc) is 2.41. The molecule has 0 saturated carbocycles. The van der Waals surface area contributed by atoms with E-state index in [1.54, 1.807) is 0 Å². The summed E-state index contributed by atoms with van der Waals surface area (Å²) in [6, 6.07) is 0. The van der Waals surface area contributed by atoms with Gasteiger partial charge in [0.25, 0.3) is 0 Å². The largest absolute Gasteiger partial charge is 0.481 e. The number of hydrogen-bond acceptors (Lipinski definition) is 5. The molecule has 2 aliphatic rings. The summed E-state index contributed by atoms with van der Waals surface area (Å²) >= 11 is 1.46. The van der Waals surface area contributed by atoms with Crippen molar-refractivity contribution in [2.24, 2.45) is 15.0 Å². The molecule has 2 aliphatic heterocycles. The van der Waals surface area contributed by atoms with Gasteiger partial charge in [0.2, 0.25) is 0 Å². The Hall–Kier alpha value is -1.17. The van der Waals surface area contributed by atoms with Crippen molar-refractivity contribution in [3.8, 4) is 0 Å². The van der Waals surface area contributed by atoms with Gasteiger partial charge in [-0.05, 0) is 6.92 Å². The molecule has 0 amide bonds. The highest BCUT2D eigenvalue weighted by Crippen LogP contribution is 2.26. The molecule has 0 saturated heterocycles. The molecule has 13 heavy (non-hydrogen) atoms. The highest BCUT2D eigenvalue weighted by molar-refractivity contribution is 8.27. The van der Waals surface area contributed by atoms with Gasteiger partial charge in [-0.15, -0.1) is 0 Å². The molecule has 6 heteroatoms. The topological polar surface area (TPSA) is 74.4 Å². The minimum Gasteiger partial charge on any atom is -0.481 e. The molecular formula is C7H7N3O2S.